The number of nitrogens with zero attached hydrogens (tertiary/aromatic N) is 4. The predicted octanol–water partition coefficient (Wildman–Crippen LogP) is 6.11. The van der Waals surface area contributed by atoms with E-state index in [4.69, 9.17) is 22.9 Å². The van der Waals surface area contributed by atoms with Crippen LogP contribution in [0.1, 0.15) is 20.3 Å². The summed E-state index contributed by atoms with van der Waals surface area (Å²) < 4.78 is 20.2. The van der Waals surface area contributed by atoms with Gasteiger partial charge in [0.05, 0.1) is 18.9 Å². The summed E-state index contributed by atoms with van der Waals surface area (Å²) in [6, 6.07) is 12.1. The molecule has 2 aromatic carbocycles. The van der Waals surface area contributed by atoms with E-state index in [1.807, 2.05) is 0 Å². The summed E-state index contributed by atoms with van der Waals surface area (Å²) in [5.74, 6) is -0.419. The van der Waals surface area contributed by atoms with Crippen LogP contribution in [0.15, 0.2) is 60.9 Å². The molecule has 1 saturated heterocycles. The summed E-state index contributed by atoms with van der Waals surface area (Å²) in [6.45, 7) is 11.0. The standard InChI is InChI=1S/C26H22ClFN4O3/c1-26(2)24(33)32(18-5-8-23(29-3)21(27)15-18)25(34)31(26)13-4-14-35-19-6-7-20(22(28)16-19)17-9-11-30-12-10-17/h5-12,15-16H,4,13-14H2,1-2H3. The van der Waals surface area contributed by atoms with E-state index in [9.17, 15) is 14.0 Å². The van der Waals surface area contributed by atoms with Gasteiger partial charge in [0, 0.05) is 35.6 Å². The van der Waals surface area contributed by atoms with Gasteiger partial charge in [0.1, 0.15) is 17.1 Å². The number of hydrogen-bond acceptors (Lipinski definition) is 4. The monoisotopic (exact) mass is 492 g/mol. The quantitative estimate of drug-likeness (QED) is 0.227. The number of imide groups is 1. The van der Waals surface area contributed by atoms with E-state index in [2.05, 4.69) is 9.83 Å². The molecular formula is C26H22ClFN4O3. The Bertz CT molecular complexity index is 1320. The van der Waals surface area contributed by atoms with E-state index in [0.717, 1.165) is 10.5 Å². The molecule has 7 nitrogen and oxygen atoms in total. The molecule has 3 amide bonds. The summed E-state index contributed by atoms with van der Waals surface area (Å²) in [6.07, 6.45) is 3.63. The molecule has 0 aliphatic carbocycles. The van der Waals surface area contributed by atoms with Crippen LogP contribution in [-0.4, -0.2) is 40.5 Å². The lowest BCUT2D eigenvalue weighted by Gasteiger charge is -2.27. The van der Waals surface area contributed by atoms with Crippen molar-refractivity contribution in [3.05, 3.63) is 83.2 Å². The zero-order chi connectivity index (χ0) is 25.2. The number of anilines is 1. The molecule has 0 saturated carbocycles. The van der Waals surface area contributed by atoms with Gasteiger partial charge in [-0.2, -0.15) is 0 Å². The minimum absolute atomic E-state index is 0.171. The van der Waals surface area contributed by atoms with Gasteiger partial charge in [-0.05, 0) is 62.2 Å². The summed E-state index contributed by atoms with van der Waals surface area (Å²) in [5.41, 5.74) is 0.660. The average molecular weight is 493 g/mol. The molecule has 2 heterocycles. The van der Waals surface area contributed by atoms with E-state index >= 15 is 0 Å². The summed E-state index contributed by atoms with van der Waals surface area (Å²) in [5, 5.41) is 0.171. The second-order valence-electron chi connectivity index (χ2n) is 8.46. The van der Waals surface area contributed by atoms with Gasteiger partial charge in [-0.3, -0.25) is 9.78 Å². The van der Waals surface area contributed by atoms with E-state index < -0.39 is 17.4 Å². The molecule has 1 fully saturated rings. The highest BCUT2D eigenvalue weighted by molar-refractivity contribution is 6.34. The molecule has 3 aromatic rings. The third-order valence-corrected chi connectivity index (χ3v) is 6.16. The highest BCUT2D eigenvalue weighted by atomic mass is 35.5. The first-order valence-electron chi connectivity index (χ1n) is 10.9. The van der Waals surface area contributed by atoms with Crippen LogP contribution in [-0.2, 0) is 4.79 Å². The maximum atomic E-state index is 14.5. The lowest BCUT2D eigenvalue weighted by Crippen LogP contribution is -2.44. The molecule has 0 N–H and O–H groups in total. The van der Waals surface area contributed by atoms with E-state index in [1.54, 1.807) is 50.5 Å². The number of halogens is 2. The van der Waals surface area contributed by atoms with Crippen molar-refractivity contribution in [1.82, 2.24) is 9.88 Å². The Hall–Kier alpha value is -3.96. The molecule has 0 spiro atoms. The maximum Gasteiger partial charge on any atom is 0.332 e. The van der Waals surface area contributed by atoms with Crippen molar-refractivity contribution in [3.63, 3.8) is 0 Å². The van der Waals surface area contributed by atoms with Gasteiger partial charge >= 0.3 is 6.03 Å². The Morgan fingerprint density at radius 3 is 2.51 bits per heavy atom. The van der Waals surface area contributed by atoms with Crippen LogP contribution >= 0.6 is 11.6 Å². The van der Waals surface area contributed by atoms with Crippen molar-refractivity contribution in [2.45, 2.75) is 25.8 Å². The normalized spacial score (nSPS) is 14.8. The van der Waals surface area contributed by atoms with Gasteiger partial charge in [0.25, 0.3) is 5.91 Å². The van der Waals surface area contributed by atoms with E-state index in [-0.39, 0.29) is 29.8 Å². The molecule has 0 unspecified atom stereocenters. The molecule has 1 aliphatic rings. The Morgan fingerprint density at radius 1 is 1.11 bits per heavy atom. The van der Waals surface area contributed by atoms with Gasteiger partial charge < -0.3 is 9.64 Å². The number of amides is 3. The topological polar surface area (TPSA) is 67.1 Å². The largest absolute Gasteiger partial charge is 0.493 e. The maximum absolute atomic E-state index is 14.5. The zero-order valence-corrected chi connectivity index (χ0v) is 19.9. The summed E-state index contributed by atoms with van der Waals surface area (Å²) in [4.78, 5) is 35.9. The number of carbonyl (C=O) groups excluding carboxylic acids is 2. The van der Waals surface area contributed by atoms with Gasteiger partial charge in [-0.25, -0.2) is 18.9 Å². The predicted molar refractivity (Wildman–Crippen MR) is 131 cm³/mol. The van der Waals surface area contributed by atoms with Crippen molar-refractivity contribution < 1.29 is 18.7 Å². The Labute approximate surface area is 207 Å². The fourth-order valence-corrected chi connectivity index (χ4v) is 4.15. The van der Waals surface area contributed by atoms with Crippen molar-refractivity contribution in [2.75, 3.05) is 18.1 Å². The number of urea groups is 1. The number of rotatable bonds is 7. The van der Waals surface area contributed by atoms with Gasteiger partial charge in [-0.15, -0.1) is 0 Å². The number of aromatic nitrogens is 1. The summed E-state index contributed by atoms with van der Waals surface area (Å²) in [7, 11) is 0. The number of pyridine rings is 1. The molecule has 4 rings (SSSR count). The SMILES string of the molecule is [C-]#[N+]c1ccc(N2C(=O)N(CCCOc3ccc(-c4ccncc4)c(F)c3)C(C)(C)C2=O)cc1Cl. The molecule has 35 heavy (non-hydrogen) atoms. The smallest absolute Gasteiger partial charge is 0.332 e. The minimum Gasteiger partial charge on any atom is -0.493 e. The second-order valence-corrected chi connectivity index (χ2v) is 8.87. The van der Waals surface area contributed by atoms with Crippen LogP contribution in [0.3, 0.4) is 0 Å². The third kappa shape index (κ3) is 4.68. The molecule has 178 valence electrons. The zero-order valence-electron chi connectivity index (χ0n) is 19.2. The Balaban J connectivity index is 1.39. The second kappa shape index (κ2) is 9.72. The van der Waals surface area contributed by atoms with Crippen LogP contribution in [0.5, 0.6) is 5.75 Å². The first kappa shape index (κ1) is 24.2. The highest BCUT2D eigenvalue weighted by Gasteiger charge is 2.51. The number of benzene rings is 2. The average Bonchev–Trinajstić information content (AvgIpc) is 3.01. The molecule has 1 aliphatic heterocycles. The molecule has 0 atom stereocenters. The van der Waals surface area contributed by atoms with Crippen molar-refractivity contribution in [3.8, 4) is 16.9 Å². The summed E-state index contributed by atoms with van der Waals surface area (Å²) >= 11 is 6.10. The number of carbonyl (C=O) groups is 2. The number of ether oxygens (including phenoxy) is 1. The Morgan fingerprint density at radius 2 is 1.86 bits per heavy atom. The van der Waals surface area contributed by atoms with E-state index in [0.29, 0.717) is 23.4 Å². The van der Waals surface area contributed by atoms with Crippen LogP contribution in [0.25, 0.3) is 16.0 Å². The molecule has 0 radical (unpaired) electrons. The molecule has 1 aromatic heterocycles. The van der Waals surface area contributed by atoms with Gasteiger partial charge in [0.15, 0.2) is 0 Å². The van der Waals surface area contributed by atoms with Crippen LogP contribution in [0, 0.1) is 12.4 Å². The van der Waals surface area contributed by atoms with Crippen LogP contribution in [0.2, 0.25) is 5.02 Å². The third-order valence-electron chi connectivity index (χ3n) is 5.86. The first-order chi connectivity index (χ1) is 16.7. The van der Waals surface area contributed by atoms with E-state index in [1.165, 1.54) is 29.2 Å². The van der Waals surface area contributed by atoms with Crippen molar-refractivity contribution in [2.24, 2.45) is 0 Å². The highest BCUT2D eigenvalue weighted by Crippen LogP contribution is 2.36. The van der Waals surface area contributed by atoms with Gasteiger partial charge in [-0.1, -0.05) is 17.7 Å². The fraction of sp³-hybridized carbons (Fsp3) is 0.231. The first-order valence-corrected chi connectivity index (χ1v) is 11.3. The lowest BCUT2D eigenvalue weighted by molar-refractivity contribution is -0.123. The van der Waals surface area contributed by atoms with Crippen molar-refractivity contribution >= 4 is 34.9 Å². The minimum atomic E-state index is -1.07. The number of hydrogen-bond donors (Lipinski definition) is 0. The lowest BCUT2D eigenvalue weighted by atomic mass is 10.0. The van der Waals surface area contributed by atoms with Crippen LogP contribution in [0.4, 0.5) is 20.6 Å². The fourth-order valence-electron chi connectivity index (χ4n) is 3.93. The Kier molecular flexibility index (Phi) is 6.72. The van der Waals surface area contributed by atoms with Crippen molar-refractivity contribution in [1.29, 1.82) is 0 Å². The molecule has 9 heteroatoms. The molecule has 0 bridgehead atoms. The van der Waals surface area contributed by atoms with Gasteiger partial charge in [0.2, 0.25) is 5.69 Å². The molecular weight excluding hydrogens is 471 g/mol. The van der Waals surface area contributed by atoms with Crippen LogP contribution < -0.4 is 9.64 Å².